The van der Waals surface area contributed by atoms with Gasteiger partial charge < -0.3 is 10.6 Å². The number of rotatable bonds is 5. The van der Waals surface area contributed by atoms with Crippen molar-refractivity contribution in [2.45, 2.75) is 0 Å². The van der Waals surface area contributed by atoms with E-state index in [4.69, 9.17) is 0 Å². The fourth-order valence-corrected chi connectivity index (χ4v) is 2.02. The SMILES string of the molecule is C=CC(=O)NCCNC(=O)c1ccc(I)c(I)c1. The van der Waals surface area contributed by atoms with Gasteiger partial charge in [-0.2, -0.15) is 0 Å². The summed E-state index contributed by atoms with van der Waals surface area (Å²) in [6.45, 7) is 4.12. The highest BCUT2D eigenvalue weighted by atomic mass is 127. The normalized spacial score (nSPS) is 9.67. The Kier molecular flexibility index (Phi) is 6.61. The maximum atomic E-state index is 11.8. The van der Waals surface area contributed by atoms with Gasteiger partial charge in [-0.15, -0.1) is 0 Å². The first-order valence-corrected chi connectivity index (χ1v) is 7.34. The molecular weight excluding hydrogens is 458 g/mol. The van der Waals surface area contributed by atoms with E-state index in [1.165, 1.54) is 6.08 Å². The molecule has 2 N–H and O–H groups in total. The van der Waals surface area contributed by atoms with Gasteiger partial charge in [0, 0.05) is 25.8 Å². The van der Waals surface area contributed by atoms with Gasteiger partial charge in [0.05, 0.1) is 0 Å². The molecule has 1 aromatic rings. The molecule has 18 heavy (non-hydrogen) atoms. The van der Waals surface area contributed by atoms with Crippen LogP contribution in [-0.2, 0) is 4.79 Å². The molecule has 2 amide bonds. The van der Waals surface area contributed by atoms with Gasteiger partial charge in [0.2, 0.25) is 5.91 Å². The minimum Gasteiger partial charge on any atom is -0.351 e. The van der Waals surface area contributed by atoms with Crippen molar-refractivity contribution < 1.29 is 9.59 Å². The number of carbonyl (C=O) groups is 2. The highest BCUT2D eigenvalue weighted by Gasteiger charge is 2.06. The van der Waals surface area contributed by atoms with Crippen LogP contribution in [0.15, 0.2) is 30.9 Å². The minimum atomic E-state index is -0.243. The van der Waals surface area contributed by atoms with Crippen molar-refractivity contribution in [2.75, 3.05) is 13.1 Å². The van der Waals surface area contributed by atoms with Crippen LogP contribution in [0.25, 0.3) is 0 Å². The van der Waals surface area contributed by atoms with E-state index in [0.29, 0.717) is 18.7 Å². The van der Waals surface area contributed by atoms with E-state index in [9.17, 15) is 9.59 Å². The Labute approximate surface area is 133 Å². The molecule has 0 aliphatic carbocycles. The van der Waals surface area contributed by atoms with E-state index >= 15 is 0 Å². The van der Waals surface area contributed by atoms with Crippen LogP contribution in [0.5, 0.6) is 0 Å². The van der Waals surface area contributed by atoms with Crippen LogP contribution in [0, 0.1) is 7.14 Å². The van der Waals surface area contributed by atoms with E-state index < -0.39 is 0 Å². The molecule has 6 heteroatoms. The van der Waals surface area contributed by atoms with Crippen LogP contribution in [-0.4, -0.2) is 24.9 Å². The summed E-state index contributed by atoms with van der Waals surface area (Å²) in [6.07, 6.45) is 1.20. The zero-order valence-electron chi connectivity index (χ0n) is 9.50. The number of benzene rings is 1. The molecule has 0 bridgehead atoms. The second-order valence-electron chi connectivity index (χ2n) is 3.38. The summed E-state index contributed by atoms with van der Waals surface area (Å²) in [7, 11) is 0. The second-order valence-corrected chi connectivity index (χ2v) is 5.70. The van der Waals surface area contributed by atoms with Gasteiger partial charge in [0.1, 0.15) is 0 Å². The van der Waals surface area contributed by atoms with Gasteiger partial charge in [0.15, 0.2) is 0 Å². The Bertz CT molecular complexity index is 475. The predicted octanol–water partition coefficient (Wildman–Crippen LogP) is 1.93. The number of nitrogens with one attached hydrogen (secondary N) is 2. The van der Waals surface area contributed by atoms with Crippen molar-refractivity contribution >= 4 is 57.0 Å². The smallest absolute Gasteiger partial charge is 0.251 e. The Balaban J connectivity index is 2.43. The van der Waals surface area contributed by atoms with Crippen LogP contribution in [0.3, 0.4) is 0 Å². The van der Waals surface area contributed by atoms with E-state index in [2.05, 4.69) is 62.4 Å². The molecular formula is C12H12I2N2O2. The summed E-state index contributed by atoms with van der Waals surface area (Å²) < 4.78 is 2.16. The van der Waals surface area contributed by atoms with Gasteiger partial charge in [0.25, 0.3) is 5.91 Å². The lowest BCUT2D eigenvalue weighted by Gasteiger charge is -2.06. The first-order valence-electron chi connectivity index (χ1n) is 5.18. The van der Waals surface area contributed by atoms with Gasteiger partial charge in [-0.25, -0.2) is 0 Å². The predicted molar refractivity (Wildman–Crippen MR) is 87.4 cm³/mol. The molecule has 0 radical (unpaired) electrons. The molecule has 4 nitrogen and oxygen atoms in total. The molecule has 0 spiro atoms. The highest BCUT2D eigenvalue weighted by molar-refractivity contribution is 14.1. The number of amides is 2. The first kappa shape index (κ1) is 15.4. The topological polar surface area (TPSA) is 58.2 Å². The van der Waals surface area contributed by atoms with E-state index in [-0.39, 0.29) is 11.8 Å². The maximum absolute atomic E-state index is 11.8. The molecule has 0 atom stereocenters. The van der Waals surface area contributed by atoms with Crippen LogP contribution >= 0.6 is 45.2 Å². The van der Waals surface area contributed by atoms with Gasteiger partial charge >= 0.3 is 0 Å². The number of halogens is 2. The summed E-state index contributed by atoms with van der Waals surface area (Å²) in [4.78, 5) is 22.6. The zero-order chi connectivity index (χ0) is 13.5. The molecule has 0 fully saturated rings. The molecule has 0 heterocycles. The molecule has 1 rings (SSSR count). The molecule has 0 unspecified atom stereocenters. The average Bonchev–Trinajstić information content (AvgIpc) is 2.37. The van der Waals surface area contributed by atoms with Gasteiger partial charge in [-0.1, -0.05) is 6.58 Å². The molecule has 96 valence electrons. The fourth-order valence-electron chi connectivity index (χ4n) is 1.17. The molecule has 0 saturated heterocycles. The summed E-state index contributed by atoms with van der Waals surface area (Å²) in [5.74, 6) is -0.384. The third kappa shape index (κ3) is 4.92. The average molecular weight is 470 g/mol. The summed E-state index contributed by atoms with van der Waals surface area (Å²) >= 11 is 4.40. The van der Waals surface area contributed by atoms with Crippen molar-refractivity contribution in [1.29, 1.82) is 0 Å². The van der Waals surface area contributed by atoms with Gasteiger partial charge in [-0.3, -0.25) is 9.59 Å². The molecule has 0 aromatic heterocycles. The lowest BCUT2D eigenvalue weighted by molar-refractivity contribution is -0.116. The van der Waals surface area contributed by atoms with Crippen LogP contribution in [0.1, 0.15) is 10.4 Å². The van der Waals surface area contributed by atoms with Gasteiger partial charge in [-0.05, 0) is 69.5 Å². The maximum Gasteiger partial charge on any atom is 0.251 e. The summed E-state index contributed by atoms with van der Waals surface area (Å²) in [5, 5.41) is 5.32. The summed E-state index contributed by atoms with van der Waals surface area (Å²) in [5.41, 5.74) is 0.620. The van der Waals surface area contributed by atoms with Crippen molar-refractivity contribution in [3.8, 4) is 0 Å². The van der Waals surface area contributed by atoms with Crippen molar-refractivity contribution in [3.05, 3.63) is 43.6 Å². The monoisotopic (exact) mass is 470 g/mol. The van der Waals surface area contributed by atoms with Crippen molar-refractivity contribution in [3.63, 3.8) is 0 Å². The van der Waals surface area contributed by atoms with Crippen LogP contribution in [0.2, 0.25) is 0 Å². The van der Waals surface area contributed by atoms with Crippen LogP contribution in [0.4, 0.5) is 0 Å². The van der Waals surface area contributed by atoms with Crippen molar-refractivity contribution in [2.24, 2.45) is 0 Å². The molecule has 0 saturated carbocycles. The Hall–Kier alpha value is -0.640. The second kappa shape index (κ2) is 7.72. The summed E-state index contributed by atoms with van der Waals surface area (Å²) in [6, 6.07) is 5.51. The third-order valence-corrected chi connectivity index (χ3v) is 4.94. The van der Waals surface area contributed by atoms with E-state index in [1.54, 1.807) is 6.07 Å². The minimum absolute atomic E-state index is 0.142. The van der Waals surface area contributed by atoms with Crippen LogP contribution < -0.4 is 10.6 Å². The Morgan fingerprint density at radius 2 is 1.83 bits per heavy atom. The number of carbonyl (C=O) groups excluding carboxylic acids is 2. The first-order chi connectivity index (χ1) is 8.54. The standard InChI is InChI=1S/C12H12I2N2O2/c1-2-11(17)15-5-6-16-12(18)8-3-4-9(13)10(14)7-8/h2-4,7H,1,5-6H2,(H,15,17)(H,16,18). The zero-order valence-corrected chi connectivity index (χ0v) is 13.8. The quantitative estimate of drug-likeness (QED) is 0.393. The lowest BCUT2D eigenvalue weighted by atomic mass is 10.2. The Morgan fingerprint density at radius 1 is 1.17 bits per heavy atom. The van der Waals surface area contributed by atoms with E-state index in [0.717, 1.165) is 7.14 Å². The lowest BCUT2D eigenvalue weighted by Crippen LogP contribution is -2.33. The fraction of sp³-hybridized carbons (Fsp3) is 0.167. The van der Waals surface area contributed by atoms with Crippen molar-refractivity contribution in [1.82, 2.24) is 10.6 Å². The Morgan fingerprint density at radius 3 is 2.44 bits per heavy atom. The van der Waals surface area contributed by atoms with E-state index in [1.807, 2.05) is 12.1 Å². The molecule has 0 aliphatic heterocycles. The number of hydrogen-bond acceptors (Lipinski definition) is 2. The molecule has 1 aromatic carbocycles. The molecule has 0 aliphatic rings. The third-order valence-electron chi connectivity index (χ3n) is 2.08. The number of hydrogen-bond donors (Lipinski definition) is 2. The highest BCUT2D eigenvalue weighted by Crippen LogP contribution is 2.16. The largest absolute Gasteiger partial charge is 0.351 e.